The lowest BCUT2D eigenvalue weighted by Gasteiger charge is -1.97. The molecule has 0 aromatic carbocycles. The van der Waals surface area contributed by atoms with Crippen molar-refractivity contribution in [3.63, 3.8) is 0 Å². The van der Waals surface area contributed by atoms with Gasteiger partial charge in [-0.05, 0) is 23.8 Å². The maximum atomic E-state index is 4.20. The minimum absolute atomic E-state index is 0.548. The second-order valence-electron chi connectivity index (χ2n) is 1.71. The Morgan fingerprint density at radius 1 is 1.57 bits per heavy atom. The van der Waals surface area contributed by atoms with Gasteiger partial charge in [0.15, 0.2) is 0 Å². The Hall–Kier alpha value is 0.700. The van der Waals surface area contributed by atoms with Crippen molar-refractivity contribution in [1.82, 2.24) is 0 Å². The van der Waals surface area contributed by atoms with E-state index in [0.29, 0.717) is 5.25 Å². The highest BCUT2D eigenvalue weighted by atomic mass is 32.1. The zero-order valence-electron chi connectivity index (χ0n) is 4.59. The molecule has 0 amide bonds. The van der Waals surface area contributed by atoms with Crippen molar-refractivity contribution < 1.29 is 0 Å². The molecule has 1 unspecified atom stereocenters. The molecule has 0 bridgehead atoms. The molecule has 0 fully saturated rings. The van der Waals surface area contributed by atoms with Crippen LogP contribution < -0.4 is 0 Å². The zero-order valence-corrected chi connectivity index (χ0v) is 6.38. The standard InChI is InChI=1S/C5H12S2/c1-5(7)3-2-4-6/h5-7H,2-4H2,1H3. The summed E-state index contributed by atoms with van der Waals surface area (Å²) >= 11 is 8.26. The highest BCUT2D eigenvalue weighted by Gasteiger charge is 1.89. The van der Waals surface area contributed by atoms with Crippen LogP contribution in [0, 0.1) is 0 Å². The molecule has 0 radical (unpaired) electrons. The van der Waals surface area contributed by atoms with Crippen molar-refractivity contribution in [2.75, 3.05) is 5.75 Å². The molecular weight excluding hydrogens is 124 g/mol. The number of thiol groups is 2. The quantitative estimate of drug-likeness (QED) is 0.545. The summed E-state index contributed by atoms with van der Waals surface area (Å²) in [7, 11) is 0. The molecule has 0 aromatic rings. The Kier molecular flexibility index (Phi) is 5.33. The van der Waals surface area contributed by atoms with Gasteiger partial charge in [-0.25, -0.2) is 0 Å². The van der Waals surface area contributed by atoms with E-state index in [1.54, 1.807) is 0 Å². The first kappa shape index (κ1) is 7.70. The van der Waals surface area contributed by atoms with Crippen molar-refractivity contribution in [1.29, 1.82) is 0 Å². The summed E-state index contributed by atoms with van der Waals surface area (Å²) in [4.78, 5) is 0. The van der Waals surface area contributed by atoms with Gasteiger partial charge in [-0.3, -0.25) is 0 Å². The summed E-state index contributed by atoms with van der Waals surface area (Å²) in [6, 6.07) is 0. The number of hydrogen-bond donors (Lipinski definition) is 2. The van der Waals surface area contributed by atoms with Crippen LogP contribution in [0.5, 0.6) is 0 Å². The fraction of sp³-hybridized carbons (Fsp3) is 1.00. The third-order valence-electron chi connectivity index (χ3n) is 0.780. The Balaban J connectivity index is 2.68. The van der Waals surface area contributed by atoms with Gasteiger partial charge in [0.2, 0.25) is 0 Å². The molecule has 0 saturated carbocycles. The average Bonchev–Trinajstić information content (AvgIpc) is 1.61. The predicted molar refractivity (Wildman–Crippen MR) is 41.5 cm³/mol. The van der Waals surface area contributed by atoms with Gasteiger partial charge in [0, 0.05) is 0 Å². The largest absolute Gasteiger partial charge is 0.179 e. The summed E-state index contributed by atoms with van der Waals surface area (Å²) in [6.07, 6.45) is 2.38. The fourth-order valence-corrected chi connectivity index (χ4v) is 0.752. The Morgan fingerprint density at radius 3 is 2.29 bits per heavy atom. The van der Waals surface area contributed by atoms with E-state index in [1.165, 1.54) is 12.8 Å². The normalized spacial score (nSPS) is 14.1. The molecule has 0 heterocycles. The van der Waals surface area contributed by atoms with Crippen LogP contribution in [-0.4, -0.2) is 11.0 Å². The van der Waals surface area contributed by atoms with Crippen molar-refractivity contribution >= 4 is 25.3 Å². The summed E-state index contributed by atoms with van der Waals surface area (Å²) < 4.78 is 0. The summed E-state index contributed by atoms with van der Waals surface area (Å²) in [5, 5.41) is 0.548. The zero-order chi connectivity index (χ0) is 5.70. The van der Waals surface area contributed by atoms with E-state index in [4.69, 9.17) is 0 Å². The lowest BCUT2D eigenvalue weighted by atomic mass is 10.3. The van der Waals surface area contributed by atoms with Crippen LogP contribution in [0.3, 0.4) is 0 Å². The van der Waals surface area contributed by atoms with E-state index in [9.17, 15) is 0 Å². The summed E-state index contributed by atoms with van der Waals surface area (Å²) in [6.45, 7) is 2.10. The minimum Gasteiger partial charge on any atom is -0.179 e. The first-order chi connectivity index (χ1) is 3.27. The number of rotatable bonds is 3. The Labute approximate surface area is 56.5 Å². The third kappa shape index (κ3) is 6.70. The minimum atomic E-state index is 0.548. The van der Waals surface area contributed by atoms with Gasteiger partial charge in [-0.2, -0.15) is 25.3 Å². The molecule has 0 aliphatic heterocycles. The van der Waals surface area contributed by atoms with Crippen molar-refractivity contribution in [3.8, 4) is 0 Å². The summed E-state index contributed by atoms with van der Waals surface area (Å²) in [5.41, 5.74) is 0. The first-order valence-electron chi connectivity index (χ1n) is 2.56. The van der Waals surface area contributed by atoms with Crippen LogP contribution in [0.25, 0.3) is 0 Å². The van der Waals surface area contributed by atoms with Crippen molar-refractivity contribution in [2.24, 2.45) is 0 Å². The van der Waals surface area contributed by atoms with Crippen molar-refractivity contribution in [3.05, 3.63) is 0 Å². The van der Waals surface area contributed by atoms with Crippen LogP contribution in [-0.2, 0) is 0 Å². The monoisotopic (exact) mass is 136 g/mol. The molecule has 1 atom stereocenters. The molecule has 0 aliphatic rings. The first-order valence-corrected chi connectivity index (χ1v) is 3.71. The molecule has 0 N–H and O–H groups in total. The topological polar surface area (TPSA) is 0 Å². The molecule has 7 heavy (non-hydrogen) atoms. The van der Waals surface area contributed by atoms with Gasteiger partial charge in [0.05, 0.1) is 0 Å². The van der Waals surface area contributed by atoms with Gasteiger partial charge >= 0.3 is 0 Å². The molecule has 44 valence electrons. The average molecular weight is 136 g/mol. The maximum Gasteiger partial charge on any atom is -0.00113 e. The third-order valence-corrected chi connectivity index (χ3v) is 1.35. The van der Waals surface area contributed by atoms with Gasteiger partial charge in [-0.1, -0.05) is 6.92 Å². The van der Waals surface area contributed by atoms with E-state index in [1.807, 2.05) is 0 Å². The van der Waals surface area contributed by atoms with Crippen molar-refractivity contribution in [2.45, 2.75) is 25.0 Å². The smallest absolute Gasteiger partial charge is 0.00113 e. The van der Waals surface area contributed by atoms with E-state index >= 15 is 0 Å². The van der Waals surface area contributed by atoms with Gasteiger partial charge in [0.1, 0.15) is 0 Å². The molecular formula is C5H12S2. The van der Waals surface area contributed by atoms with Crippen LogP contribution in [0.1, 0.15) is 19.8 Å². The van der Waals surface area contributed by atoms with Gasteiger partial charge in [-0.15, -0.1) is 0 Å². The molecule has 0 nitrogen and oxygen atoms in total. The highest BCUT2D eigenvalue weighted by Crippen LogP contribution is 2.02. The highest BCUT2D eigenvalue weighted by molar-refractivity contribution is 7.81. The molecule has 2 heteroatoms. The molecule has 0 aliphatic carbocycles. The number of hydrogen-bond acceptors (Lipinski definition) is 2. The molecule has 0 aromatic heterocycles. The SMILES string of the molecule is CC(S)CCCS. The lowest BCUT2D eigenvalue weighted by molar-refractivity contribution is 0.800. The van der Waals surface area contributed by atoms with Crippen LogP contribution in [0.2, 0.25) is 0 Å². The molecule has 0 rings (SSSR count). The molecule has 0 saturated heterocycles. The maximum absolute atomic E-state index is 4.20. The van der Waals surface area contributed by atoms with E-state index in [2.05, 4.69) is 32.2 Å². The van der Waals surface area contributed by atoms with E-state index < -0.39 is 0 Å². The Morgan fingerprint density at radius 2 is 2.14 bits per heavy atom. The summed E-state index contributed by atoms with van der Waals surface area (Å²) in [5.74, 6) is 0.991. The predicted octanol–water partition coefficient (Wildman–Crippen LogP) is 2.01. The van der Waals surface area contributed by atoms with Crippen LogP contribution >= 0.6 is 25.3 Å². The Bertz CT molecular complexity index is 35.1. The van der Waals surface area contributed by atoms with Crippen LogP contribution in [0.15, 0.2) is 0 Å². The van der Waals surface area contributed by atoms with E-state index in [-0.39, 0.29) is 0 Å². The second-order valence-corrected chi connectivity index (χ2v) is 3.04. The van der Waals surface area contributed by atoms with Gasteiger partial charge < -0.3 is 0 Å². The fourth-order valence-electron chi connectivity index (χ4n) is 0.387. The molecule has 0 spiro atoms. The van der Waals surface area contributed by atoms with Crippen LogP contribution in [0.4, 0.5) is 0 Å². The lowest BCUT2D eigenvalue weighted by Crippen LogP contribution is -1.89. The van der Waals surface area contributed by atoms with Gasteiger partial charge in [0.25, 0.3) is 0 Å². The van der Waals surface area contributed by atoms with E-state index in [0.717, 1.165) is 5.75 Å². The second kappa shape index (κ2) is 4.85.